The number of rotatable bonds is 3. The summed E-state index contributed by atoms with van der Waals surface area (Å²) in [6.07, 6.45) is 0.889. The Morgan fingerprint density at radius 3 is 2.47 bits per heavy atom. The molecule has 1 aromatic carbocycles. The summed E-state index contributed by atoms with van der Waals surface area (Å²) in [6, 6.07) is 3.28. The molecule has 0 aromatic heterocycles. The number of nitrogens with zero attached hydrogens (tertiary/aromatic N) is 1. The first-order valence-electron chi connectivity index (χ1n) is 6.81. The summed E-state index contributed by atoms with van der Waals surface area (Å²) >= 11 is 0. The summed E-state index contributed by atoms with van der Waals surface area (Å²) in [5.74, 6) is -0.465. The molecular weight excluding hydrogens is 248 g/mol. The van der Waals surface area contributed by atoms with Crippen molar-refractivity contribution in [1.82, 2.24) is 4.90 Å². The molecule has 1 aliphatic heterocycles. The molecule has 1 aromatic rings. The van der Waals surface area contributed by atoms with E-state index in [1.54, 1.807) is 0 Å². The van der Waals surface area contributed by atoms with E-state index in [4.69, 9.17) is 0 Å². The Kier molecular flexibility index (Phi) is 4.21. The van der Waals surface area contributed by atoms with Gasteiger partial charge in [-0.1, -0.05) is 13.8 Å². The summed E-state index contributed by atoms with van der Waals surface area (Å²) in [6.45, 7) is 6.69. The van der Waals surface area contributed by atoms with E-state index in [1.807, 2.05) is 0 Å². The van der Waals surface area contributed by atoms with Gasteiger partial charge < -0.3 is 10.0 Å². The fourth-order valence-electron chi connectivity index (χ4n) is 2.75. The highest BCUT2D eigenvalue weighted by molar-refractivity contribution is 5.26. The van der Waals surface area contributed by atoms with Gasteiger partial charge in [-0.2, -0.15) is 0 Å². The molecule has 1 N–H and O–H groups in total. The summed E-state index contributed by atoms with van der Waals surface area (Å²) < 4.78 is 27.0. The molecule has 106 valence electrons. The summed E-state index contributed by atoms with van der Waals surface area (Å²) in [4.78, 5) is 2.26. The van der Waals surface area contributed by atoms with Crippen molar-refractivity contribution in [2.75, 3.05) is 19.6 Å². The van der Waals surface area contributed by atoms with Crippen molar-refractivity contribution in [3.63, 3.8) is 0 Å². The topological polar surface area (TPSA) is 23.5 Å². The number of hydrogen-bond donors (Lipinski definition) is 1. The highest BCUT2D eigenvalue weighted by Gasteiger charge is 2.36. The van der Waals surface area contributed by atoms with Crippen LogP contribution < -0.4 is 0 Å². The van der Waals surface area contributed by atoms with Crippen LogP contribution in [0.1, 0.15) is 32.3 Å². The molecular formula is C15H21F2NO. The van der Waals surface area contributed by atoms with Gasteiger partial charge in [0.25, 0.3) is 0 Å². The molecule has 0 atom stereocenters. The standard InChI is InChI=1S/C15H21F2NO/c1-11(2)10-18-7-5-15(19,6-8-18)13-9-12(16)3-4-14(13)17/h3-4,9,11,19H,5-8,10H2,1-2H3. The first-order valence-corrected chi connectivity index (χ1v) is 6.81. The maximum Gasteiger partial charge on any atom is 0.129 e. The Balaban J connectivity index is 2.11. The predicted molar refractivity (Wildman–Crippen MR) is 70.8 cm³/mol. The second-order valence-corrected chi connectivity index (χ2v) is 5.85. The van der Waals surface area contributed by atoms with Gasteiger partial charge in [-0.3, -0.25) is 0 Å². The lowest BCUT2D eigenvalue weighted by atomic mass is 9.84. The number of likely N-dealkylation sites (tertiary alicyclic amines) is 1. The van der Waals surface area contributed by atoms with E-state index in [0.717, 1.165) is 24.7 Å². The highest BCUT2D eigenvalue weighted by Crippen LogP contribution is 2.34. The molecule has 1 heterocycles. The maximum atomic E-state index is 13.8. The number of benzene rings is 1. The van der Waals surface area contributed by atoms with E-state index in [2.05, 4.69) is 18.7 Å². The van der Waals surface area contributed by atoms with Crippen molar-refractivity contribution in [3.8, 4) is 0 Å². The molecule has 0 saturated carbocycles. The van der Waals surface area contributed by atoms with Crippen LogP contribution in [0.25, 0.3) is 0 Å². The Morgan fingerprint density at radius 1 is 1.26 bits per heavy atom. The molecule has 2 rings (SSSR count). The second-order valence-electron chi connectivity index (χ2n) is 5.85. The number of piperidine rings is 1. The van der Waals surface area contributed by atoms with Crippen LogP contribution in [-0.4, -0.2) is 29.6 Å². The third-order valence-electron chi connectivity index (χ3n) is 3.74. The van der Waals surface area contributed by atoms with E-state index in [9.17, 15) is 13.9 Å². The fourth-order valence-corrected chi connectivity index (χ4v) is 2.75. The normalized spacial score (nSPS) is 19.9. The van der Waals surface area contributed by atoms with Gasteiger partial charge in [0, 0.05) is 25.2 Å². The SMILES string of the molecule is CC(C)CN1CCC(O)(c2cc(F)ccc2F)CC1. The minimum absolute atomic E-state index is 0.0942. The predicted octanol–water partition coefficient (Wildman–Crippen LogP) is 2.90. The zero-order valence-corrected chi connectivity index (χ0v) is 11.5. The van der Waals surface area contributed by atoms with E-state index >= 15 is 0 Å². The minimum atomic E-state index is -1.24. The van der Waals surface area contributed by atoms with Gasteiger partial charge in [-0.15, -0.1) is 0 Å². The molecule has 0 aliphatic carbocycles. The molecule has 1 saturated heterocycles. The quantitative estimate of drug-likeness (QED) is 0.912. The van der Waals surface area contributed by atoms with Crippen molar-refractivity contribution in [2.45, 2.75) is 32.3 Å². The molecule has 0 spiro atoms. The average Bonchev–Trinajstić information content (AvgIpc) is 2.35. The van der Waals surface area contributed by atoms with Crippen LogP contribution >= 0.6 is 0 Å². The lowest BCUT2D eigenvalue weighted by molar-refractivity contribution is -0.0307. The first-order chi connectivity index (χ1) is 8.90. The monoisotopic (exact) mass is 269 g/mol. The zero-order valence-electron chi connectivity index (χ0n) is 11.5. The van der Waals surface area contributed by atoms with Crippen LogP contribution in [0, 0.1) is 17.6 Å². The van der Waals surface area contributed by atoms with Gasteiger partial charge in [-0.25, -0.2) is 8.78 Å². The lowest BCUT2D eigenvalue weighted by Gasteiger charge is -2.39. The van der Waals surface area contributed by atoms with Crippen molar-refractivity contribution in [2.24, 2.45) is 5.92 Å². The van der Waals surface area contributed by atoms with Crippen LogP contribution in [0.15, 0.2) is 18.2 Å². The summed E-state index contributed by atoms with van der Waals surface area (Å²) in [7, 11) is 0. The van der Waals surface area contributed by atoms with Crippen molar-refractivity contribution in [3.05, 3.63) is 35.4 Å². The van der Waals surface area contributed by atoms with E-state index in [-0.39, 0.29) is 5.56 Å². The summed E-state index contributed by atoms with van der Waals surface area (Å²) in [5.41, 5.74) is -1.14. The van der Waals surface area contributed by atoms with Crippen molar-refractivity contribution in [1.29, 1.82) is 0 Å². The molecule has 1 aliphatic rings. The second kappa shape index (κ2) is 5.55. The molecule has 4 heteroatoms. The van der Waals surface area contributed by atoms with Gasteiger partial charge >= 0.3 is 0 Å². The van der Waals surface area contributed by atoms with Crippen LogP contribution in [0.2, 0.25) is 0 Å². The number of hydrogen-bond acceptors (Lipinski definition) is 2. The Hall–Kier alpha value is -1.00. The molecule has 19 heavy (non-hydrogen) atoms. The molecule has 0 unspecified atom stereocenters. The largest absolute Gasteiger partial charge is 0.385 e. The maximum absolute atomic E-state index is 13.8. The van der Waals surface area contributed by atoms with Gasteiger partial charge in [0.2, 0.25) is 0 Å². The van der Waals surface area contributed by atoms with Crippen LogP contribution in [0.5, 0.6) is 0 Å². The van der Waals surface area contributed by atoms with Crippen LogP contribution in [0.4, 0.5) is 8.78 Å². The average molecular weight is 269 g/mol. The number of aliphatic hydroxyl groups is 1. The van der Waals surface area contributed by atoms with E-state index < -0.39 is 17.2 Å². The van der Waals surface area contributed by atoms with Crippen LogP contribution in [-0.2, 0) is 5.60 Å². The van der Waals surface area contributed by atoms with Crippen molar-refractivity contribution >= 4 is 0 Å². The van der Waals surface area contributed by atoms with Gasteiger partial charge in [0.05, 0.1) is 5.60 Å². The zero-order chi connectivity index (χ0) is 14.0. The molecule has 0 bridgehead atoms. The molecule has 0 radical (unpaired) electrons. The Bertz CT molecular complexity index is 440. The third-order valence-corrected chi connectivity index (χ3v) is 3.74. The third kappa shape index (κ3) is 3.31. The van der Waals surface area contributed by atoms with E-state index in [1.165, 1.54) is 0 Å². The van der Waals surface area contributed by atoms with Gasteiger partial charge in [-0.05, 0) is 37.0 Å². The van der Waals surface area contributed by atoms with Crippen LogP contribution in [0.3, 0.4) is 0 Å². The van der Waals surface area contributed by atoms with Gasteiger partial charge in [0.15, 0.2) is 0 Å². The smallest absolute Gasteiger partial charge is 0.129 e. The highest BCUT2D eigenvalue weighted by atomic mass is 19.1. The Labute approximate surface area is 113 Å². The summed E-state index contributed by atoms with van der Waals surface area (Å²) in [5, 5.41) is 10.6. The molecule has 0 amide bonds. The first kappa shape index (κ1) is 14.4. The number of halogens is 2. The van der Waals surface area contributed by atoms with Gasteiger partial charge in [0.1, 0.15) is 11.6 Å². The minimum Gasteiger partial charge on any atom is -0.385 e. The van der Waals surface area contributed by atoms with E-state index in [0.29, 0.717) is 31.8 Å². The lowest BCUT2D eigenvalue weighted by Crippen LogP contribution is -2.44. The Morgan fingerprint density at radius 2 is 1.89 bits per heavy atom. The fraction of sp³-hybridized carbons (Fsp3) is 0.600. The molecule has 2 nitrogen and oxygen atoms in total. The van der Waals surface area contributed by atoms with Crippen molar-refractivity contribution < 1.29 is 13.9 Å². The molecule has 1 fully saturated rings.